The maximum atomic E-state index is 9.88. The van der Waals surface area contributed by atoms with Gasteiger partial charge >= 0.3 is 0 Å². The van der Waals surface area contributed by atoms with E-state index in [1.807, 2.05) is 0 Å². The molecule has 1 atom stereocenters. The van der Waals surface area contributed by atoms with Gasteiger partial charge in [0.25, 0.3) is 0 Å². The summed E-state index contributed by atoms with van der Waals surface area (Å²) in [6.07, 6.45) is 4.16. The highest BCUT2D eigenvalue weighted by molar-refractivity contribution is 8.20. The maximum absolute atomic E-state index is 9.88. The van der Waals surface area contributed by atoms with E-state index in [1.165, 1.54) is 6.42 Å². The van der Waals surface area contributed by atoms with Crippen molar-refractivity contribution >= 4 is 19.2 Å². The number of allylic oxidation sites excluding steroid dienone is 3. The van der Waals surface area contributed by atoms with Crippen molar-refractivity contribution in [1.82, 2.24) is 0 Å². The van der Waals surface area contributed by atoms with Crippen molar-refractivity contribution < 1.29 is 4.43 Å². The van der Waals surface area contributed by atoms with Crippen LogP contribution in [-0.4, -0.2) is 26.4 Å². The van der Waals surface area contributed by atoms with Crippen LogP contribution in [0.3, 0.4) is 0 Å². The molecule has 0 saturated carbocycles. The van der Waals surface area contributed by atoms with E-state index in [4.69, 9.17) is 4.43 Å². The summed E-state index contributed by atoms with van der Waals surface area (Å²) in [5, 5.41) is 29.5. The Morgan fingerprint density at radius 3 is 2.07 bits per heavy atom. The molecule has 1 fully saturated rings. The Bertz CT molecular complexity index is 765. The highest BCUT2D eigenvalue weighted by atomic mass is 32.2. The second-order valence-electron chi connectivity index (χ2n) is 8.88. The van der Waals surface area contributed by atoms with Crippen LogP contribution in [0.5, 0.6) is 0 Å². The number of nitrogens with zero attached hydrogens (tertiary/aromatic N) is 3. The number of rotatable bonds is 5. The zero-order valence-corrected chi connectivity index (χ0v) is 19.1. The van der Waals surface area contributed by atoms with Gasteiger partial charge in [0.15, 0.2) is 8.32 Å². The Balaban J connectivity index is 2.28. The highest BCUT2D eigenvalue weighted by Crippen LogP contribution is 2.53. The van der Waals surface area contributed by atoms with E-state index in [2.05, 4.69) is 52.1 Å². The summed E-state index contributed by atoms with van der Waals surface area (Å²) >= 11 is 0. The predicted octanol–water partition coefficient (Wildman–Crippen LogP) is 5.33. The second kappa shape index (κ2) is 8.66. The Labute approximate surface area is 168 Å². The van der Waals surface area contributed by atoms with Crippen LogP contribution in [-0.2, 0) is 4.43 Å². The Morgan fingerprint density at radius 2 is 1.59 bits per heavy atom. The van der Waals surface area contributed by atoms with Crippen LogP contribution in [0.2, 0.25) is 18.1 Å². The molecule has 0 aromatic carbocycles. The number of hydrogen-bond acceptors (Lipinski definition) is 4. The molecule has 1 aliphatic carbocycles. The lowest BCUT2D eigenvalue weighted by atomic mass is 9.93. The molecule has 0 N–H and O–H groups in total. The fraction of sp³-hybridized carbons (Fsp3) is 0.667. The lowest BCUT2D eigenvalue weighted by molar-refractivity contribution is 0.272. The minimum atomic E-state index is -1.87. The molecule has 6 heteroatoms. The average molecular weight is 402 g/mol. The van der Waals surface area contributed by atoms with Gasteiger partial charge in [-0.1, -0.05) is 27.2 Å². The van der Waals surface area contributed by atoms with Crippen LogP contribution in [0.15, 0.2) is 21.6 Å². The monoisotopic (exact) mass is 401 g/mol. The highest BCUT2D eigenvalue weighted by Gasteiger charge is 2.39. The van der Waals surface area contributed by atoms with E-state index < -0.39 is 19.2 Å². The van der Waals surface area contributed by atoms with Gasteiger partial charge in [0.1, 0.15) is 6.07 Å². The van der Waals surface area contributed by atoms with Crippen LogP contribution in [0.25, 0.3) is 0 Å². The fourth-order valence-electron chi connectivity index (χ4n) is 3.51. The largest absolute Gasteiger partial charge is 0.417 e. The van der Waals surface area contributed by atoms with Gasteiger partial charge in [0.2, 0.25) is 0 Å². The van der Waals surface area contributed by atoms with Crippen molar-refractivity contribution in [3.05, 3.63) is 21.6 Å². The van der Waals surface area contributed by atoms with Crippen molar-refractivity contribution in [2.24, 2.45) is 5.92 Å². The Hall–Kier alpha value is -1.52. The second-order valence-corrected chi connectivity index (χ2v) is 16.1. The first-order chi connectivity index (χ1) is 12.7. The topological polar surface area (TPSA) is 80.6 Å². The van der Waals surface area contributed by atoms with E-state index in [0.717, 1.165) is 29.3 Å². The molecule has 1 heterocycles. The van der Waals surface area contributed by atoms with Crippen molar-refractivity contribution in [3.63, 3.8) is 0 Å². The molecule has 0 spiro atoms. The van der Waals surface area contributed by atoms with Gasteiger partial charge in [-0.25, -0.2) is 10.9 Å². The van der Waals surface area contributed by atoms with Crippen molar-refractivity contribution in [2.75, 3.05) is 18.1 Å². The van der Waals surface area contributed by atoms with Gasteiger partial charge in [-0.05, 0) is 48.9 Å². The minimum Gasteiger partial charge on any atom is -0.417 e. The van der Waals surface area contributed by atoms with Crippen molar-refractivity contribution in [3.8, 4) is 18.2 Å². The van der Waals surface area contributed by atoms with Crippen molar-refractivity contribution in [1.29, 1.82) is 15.8 Å². The third-order valence-corrected chi connectivity index (χ3v) is 13.5. The van der Waals surface area contributed by atoms with E-state index in [1.54, 1.807) is 0 Å². The van der Waals surface area contributed by atoms with E-state index in [-0.39, 0.29) is 11.0 Å². The molecule has 0 aromatic rings. The third kappa shape index (κ3) is 4.49. The van der Waals surface area contributed by atoms with Crippen LogP contribution in [0.1, 0.15) is 46.5 Å². The first-order valence-electron chi connectivity index (χ1n) is 9.76. The lowest BCUT2D eigenvalue weighted by Gasteiger charge is -2.36. The molecule has 2 aliphatic rings. The number of nitriles is 3. The molecule has 0 aromatic heterocycles. The molecule has 4 nitrogen and oxygen atoms in total. The quantitative estimate of drug-likeness (QED) is 0.498. The summed E-state index contributed by atoms with van der Waals surface area (Å²) in [5.41, 5.74) is 1.67. The van der Waals surface area contributed by atoms with Gasteiger partial charge in [0, 0.05) is 17.4 Å². The first-order valence-corrected chi connectivity index (χ1v) is 14.4. The van der Waals surface area contributed by atoms with E-state index in [0.29, 0.717) is 29.7 Å². The lowest BCUT2D eigenvalue weighted by Crippen LogP contribution is -2.41. The number of hydrogen-bond donors (Lipinski definition) is 1. The minimum absolute atomic E-state index is 0.124. The summed E-state index contributed by atoms with van der Waals surface area (Å²) in [7, 11) is -2.36. The predicted molar refractivity (Wildman–Crippen MR) is 115 cm³/mol. The summed E-state index contributed by atoms with van der Waals surface area (Å²) in [6.45, 7) is 11.6. The van der Waals surface area contributed by atoms with Crippen LogP contribution >= 0.6 is 10.9 Å². The molecule has 1 aliphatic heterocycles. The van der Waals surface area contributed by atoms with Crippen LogP contribution in [0, 0.1) is 39.9 Å². The first kappa shape index (κ1) is 21.8. The molecule has 2 rings (SSSR count). The molecule has 1 unspecified atom stereocenters. The molecule has 27 heavy (non-hydrogen) atoms. The maximum Gasteiger partial charge on any atom is 0.191 e. The van der Waals surface area contributed by atoms with Crippen LogP contribution < -0.4 is 0 Å². The smallest absolute Gasteiger partial charge is 0.191 e. The van der Waals surface area contributed by atoms with Crippen LogP contribution in [0.4, 0.5) is 0 Å². The zero-order valence-electron chi connectivity index (χ0n) is 17.2. The van der Waals surface area contributed by atoms with Gasteiger partial charge in [-0.2, -0.15) is 15.8 Å². The molecule has 1 saturated heterocycles. The van der Waals surface area contributed by atoms with Gasteiger partial charge < -0.3 is 4.43 Å². The number of thiol groups is 1. The van der Waals surface area contributed by atoms with Gasteiger partial charge in [-0.3, -0.25) is 0 Å². The van der Waals surface area contributed by atoms with Crippen molar-refractivity contribution in [2.45, 2.75) is 64.6 Å². The molecule has 146 valence electrons. The van der Waals surface area contributed by atoms with Gasteiger partial charge in [-0.15, -0.1) is 0 Å². The summed E-state index contributed by atoms with van der Waals surface area (Å²) in [4.78, 5) is 0.934. The van der Waals surface area contributed by atoms with E-state index >= 15 is 0 Å². The molecule has 0 radical (unpaired) electrons. The molecule has 0 bridgehead atoms. The van der Waals surface area contributed by atoms with E-state index in [9.17, 15) is 15.8 Å². The Kier molecular flexibility index (Phi) is 6.98. The SMILES string of the molecule is CC(C)(C)[Si](C)(C)OCCC1C(C#N)=C(C#N)C([SH]2CCCCC2)=C1C#N. The third-order valence-electron chi connectivity index (χ3n) is 6.16. The Morgan fingerprint density at radius 1 is 1.00 bits per heavy atom. The zero-order chi connectivity index (χ0) is 20.2. The molecular formula is C21H31N3OSSi. The standard InChI is InChI=1S/C21H31N3OSSi/c1-21(2,3)27(4,5)25-10-9-16-17(13-22)19(15-24)20(18(16)14-23)26-11-7-6-8-12-26/h16,26H,6-12H2,1-5H3. The summed E-state index contributed by atoms with van der Waals surface area (Å²) in [6, 6.07) is 6.90. The average Bonchev–Trinajstić information content (AvgIpc) is 2.93. The normalized spacial score (nSPS) is 22.4. The van der Waals surface area contributed by atoms with Gasteiger partial charge in [0.05, 0.1) is 28.9 Å². The summed E-state index contributed by atoms with van der Waals surface area (Å²) in [5.74, 6) is 1.89. The molecule has 0 amide bonds. The molecular weight excluding hydrogens is 370 g/mol. The summed E-state index contributed by atoms with van der Waals surface area (Å²) < 4.78 is 6.29. The fourth-order valence-corrected chi connectivity index (χ4v) is 7.48.